The third kappa shape index (κ3) is 7.82. The number of carbonyl (C=O) groups excluding carboxylic acids is 2. The summed E-state index contributed by atoms with van der Waals surface area (Å²) in [5.74, 6) is -1.50. The van der Waals surface area contributed by atoms with Crippen molar-refractivity contribution in [2.75, 3.05) is 13.2 Å². The van der Waals surface area contributed by atoms with E-state index in [1.54, 1.807) is 13.0 Å². The summed E-state index contributed by atoms with van der Waals surface area (Å²) in [7, 11) is -9.11. The van der Waals surface area contributed by atoms with Gasteiger partial charge in [-0.15, -0.1) is 0 Å². The molecule has 46 heavy (non-hydrogen) atoms. The second-order valence-corrected chi connectivity index (χ2v) is 12.6. The first-order chi connectivity index (χ1) is 21.7. The van der Waals surface area contributed by atoms with E-state index >= 15 is 0 Å². The maximum Gasteiger partial charge on any atom is 0.294 e. The molecule has 5 N–H and O–H groups in total. The van der Waals surface area contributed by atoms with E-state index in [1.807, 2.05) is 0 Å². The summed E-state index contributed by atoms with van der Waals surface area (Å²) < 4.78 is 67.3. The highest BCUT2D eigenvalue weighted by molar-refractivity contribution is 7.86. The molecule has 1 aliphatic rings. The zero-order chi connectivity index (χ0) is 33.6. The fraction of sp³-hybridized carbons (Fsp3) is 0.172. The minimum atomic E-state index is -4.61. The summed E-state index contributed by atoms with van der Waals surface area (Å²) in [5, 5.41) is 19.3. The van der Waals surface area contributed by atoms with Crippen molar-refractivity contribution < 1.29 is 40.6 Å². The zero-order valence-electron chi connectivity index (χ0n) is 24.2. The lowest BCUT2D eigenvalue weighted by molar-refractivity contribution is -0.126. The number of hydrazone groups is 1. The highest BCUT2D eigenvalue weighted by Crippen LogP contribution is 2.23. The molecule has 242 valence electrons. The first-order valence-corrected chi connectivity index (χ1v) is 16.4. The van der Waals surface area contributed by atoms with Crippen LogP contribution in [-0.4, -0.2) is 76.5 Å². The van der Waals surface area contributed by atoms with Gasteiger partial charge >= 0.3 is 0 Å². The molecule has 0 atom stereocenters. The van der Waals surface area contributed by atoms with E-state index in [2.05, 4.69) is 15.5 Å². The van der Waals surface area contributed by atoms with Gasteiger partial charge in [-0.3, -0.25) is 28.6 Å². The van der Waals surface area contributed by atoms with E-state index in [-0.39, 0.29) is 59.1 Å². The Hall–Kier alpha value is -4.94. The van der Waals surface area contributed by atoms with Gasteiger partial charge < -0.3 is 10.4 Å². The molecule has 0 aliphatic carbocycles. The second-order valence-electron chi connectivity index (χ2n) is 9.82. The van der Waals surface area contributed by atoms with Gasteiger partial charge in [0, 0.05) is 12.2 Å². The number of aliphatic hydroxyl groups excluding tert-OH is 1. The largest absolute Gasteiger partial charge is 0.395 e. The molecule has 2 amide bonds. The van der Waals surface area contributed by atoms with Crippen LogP contribution in [0.1, 0.15) is 22.4 Å². The van der Waals surface area contributed by atoms with E-state index in [1.165, 1.54) is 71.5 Å². The molecule has 0 spiro atoms. The summed E-state index contributed by atoms with van der Waals surface area (Å²) in [6, 6.07) is 11.2. The minimum Gasteiger partial charge on any atom is -0.395 e. The van der Waals surface area contributed by atoms with Crippen LogP contribution in [-0.2, 0) is 42.9 Å². The highest BCUT2D eigenvalue weighted by atomic mass is 32.2. The van der Waals surface area contributed by atoms with Crippen LogP contribution in [0.5, 0.6) is 0 Å². The van der Waals surface area contributed by atoms with Crippen LogP contribution in [0.4, 0.5) is 0 Å². The molecular weight excluding hydrogens is 642 g/mol. The van der Waals surface area contributed by atoms with Crippen LogP contribution >= 0.6 is 0 Å². The number of aliphatic hydroxyl groups is 1. The molecule has 0 saturated carbocycles. The fourth-order valence-corrected chi connectivity index (χ4v) is 5.97. The van der Waals surface area contributed by atoms with Crippen LogP contribution in [0.25, 0.3) is 6.08 Å². The Morgan fingerprint density at radius 2 is 1.50 bits per heavy atom. The number of nitrogens with one attached hydrogen (secondary N) is 2. The van der Waals surface area contributed by atoms with E-state index in [0.29, 0.717) is 5.69 Å². The number of aromatic nitrogens is 2. The molecule has 2 aromatic carbocycles. The lowest BCUT2D eigenvalue weighted by Crippen LogP contribution is -2.33. The van der Waals surface area contributed by atoms with Gasteiger partial charge in [0.05, 0.1) is 40.6 Å². The number of amides is 2. The molecule has 0 bridgehead atoms. The molecular formula is C29H29N5O10S2. The zero-order valence-corrected chi connectivity index (χ0v) is 25.8. The first kappa shape index (κ1) is 33.9. The number of benzene rings is 2. The Bertz CT molecular complexity index is 2070. The van der Waals surface area contributed by atoms with E-state index < -0.39 is 42.5 Å². The van der Waals surface area contributed by atoms with Gasteiger partial charge in [-0.1, -0.05) is 54.6 Å². The van der Waals surface area contributed by atoms with Gasteiger partial charge in [0.1, 0.15) is 0 Å². The van der Waals surface area contributed by atoms with Crippen LogP contribution in [0, 0.1) is 6.92 Å². The van der Waals surface area contributed by atoms with Gasteiger partial charge in [-0.05, 0) is 42.3 Å². The first-order valence-electron chi connectivity index (χ1n) is 13.5. The number of carbonyl (C=O) groups is 2. The van der Waals surface area contributed by atoms with Crippen LogP contribution in [0.2, 0.25) is 0 Å². The summed E-state index contributed by atoms with van der Waals surface area (Å²) in [4.78, 5) is 38.2. The molecule has 0 radical (unpaired) electrons. The molecule has 15 nitrogen and oxygen atoms in total. The number of hydrogen-bond acceptors (Lipinski definition) is 9. The van der Waals surface area contributed by atoms with Crippen molar-refractivity contribution in [3.8, 4) is 0 Å². The van der Waals surface area contributed by atoms with Crippen LogP contribution in [0.15, 0.2) is 98.1 Å². The second kappa shape index (κ2) is 14.0. The maximum absolute atomic E-state index is 13.2. The number of H-pyrrole nitrogens is 1. The van der Waals surface area contributed by atoms with E-state index in [0.717, 1.165) is 11.1 Å². The lowest BCUT2D eigenvalue weighted by Gasteiger charge is -2.13. The highest BCUT2D eigenvalue weighted by Gasteiger charge is 2.34. The van der Waals surface area contributed by atoms with Crippen molar-refractivity contribution >= 4 is 43.8 Å². The van der Waals surface area contributed by atoms with Crippen molar-refractivity contribution in [2.45, 2.75) is 29.8 Å². The predicted octanol–water partition coefficient (Wildman–Crippen LogP) is 1.03. The van der Waals surface area contributed by atoms with Gasteiger partial charge in [0.2, 0.25) is 0 Å². The summed E-state index contributed by atoms with van der Waals surface area (Å²) >= 11 is 0. The van der Waals surface area contributed by atoms with Gasteiger partial charge in [0.25, 0.3) is 37.6 Å². The Morgan fingerprint density at radius 3 is 2.09 bits per heavy atom. The Balaban J connectivity index is 1.56. The number of aryl methyl sites for hydroxylation is 1. The maximum atomic E-state index is 13.2. The van der Waals surface area contributed by atoms with Crippen molar-refractivity contribution in [3.63, 3.8) is 0 Å². The van der Waals surface area contributed by atoms with Gasteiger partial charge in [-0.2, -0.15) is 21.9 Å². The Labute approximate surface area is 263 Å². The monoisotopic (exact) mass is 671 g/mol. The van der Waals surface area contributed by atoms with Crippen molar-refractivity contribution in [2.24, 2.45) is 5.10 Å². The normalized spacial score (nSPS) is 15.0. The summed E-state index contributed by atoms with van der Waals surface area (Å²) in [6.07, 6.45) is 7.16. The van der Waals surface area contributed by atoms with Crippen molar-refractivity contribution in [3.05, 3.63) is 111 Å². The fourth-order valence-electron chi connectivity index (χ4n) is 4.54. The molecule has 0 fully saturated rings. The average Bonchev–Trinajstić information content (AvgIpc) is 3.44. The number of allylic oxidation sites excluding steroid dienone is 4. The lowest BCUT2D eigenvalue weighted by atomic mass is 10.1. The molecule has 2 heterocycles. The topological polar surface area (TPSA) is 229 Å². The molecule has 1 aliphatic heterocycles. The Kier molecular flexibility index (Phi) is 10.3. The average molecular weight is 672 g/mol. The third-order valence-electron chi connectivity index (χ3n) is 6.63. The molecule has 0 unspecified atom stereocenters. The quantitative estimate of drug-likeness (QED) is 0.104. The standard InChI is InChI=1S/C29H29N5O10S2/c1-19-22(28(37)33(31-19)17-20-9-5-7-13-24(20)45(39,40)41)11-3-2-4-12-23-26(27(36)30-15-16-35)32-34(29(23)38)18-21-10-6-8-14-25(21)46(42,43)44/h2-14,31,35H,15-18H2,1H3,(H,30,36)(H,39,40,41)(H,42,43,44)/b4-2+,11-3+,23-12+. The summed E-state index contributed by atoms with van der Waals surface area (Å²) in [6.45, 7) is 0.630. The number of nitrogens with zero attached hydrogens (tertiary/aromatic N) is 3. The molecule has 3 aromatic rings. The van der Waals surface area contributed by atoms with Gasteiger partial charge in [0.15, 0.2) is 5.71 Å². The van der Waals surface area contributed by atoms with E-state index in [9.17, 15) is 40.3 Å². The van der Waals surface area contributed by atoms with Crippen molar-refractivity contribution in [1.82, 2.24) is 20.1 Å². The predicted molar refractivity (Wildman–Crippen MR) is 166 cm³/mol. The smallest absolute Gasteiger partial charge is 0.294 e. The Morgan fingerprint density at radius 1 is 0.913 bits per heavy atom. The summed E-state index contributed by atoms with van der Waals surface area (Å²) in [5.41, 5.74) is 0.103. The van der Waals surface area contributed by atoms with Gasteiger partial charge in [-0.25, -0.2) is 9.69 Å². The van der Waals surface area contributed by atoms with Crippen LogP contribution < -0.4 is 10.9 Å². The molecule has 1 aromatic heterocycles. The third-order valence-corrected chi connectivity index (χ3v) is 8.54. The molecule has 17 heteroatoms. The molecule has 4 rings (SSSR count). The number of rotatable bonds is 12. The van der Waals surface area contributed by atoms with Crippen molar-refractivity contribution in [1.29, 1.82) is 0 Å². The van der Waals surface area contributed by atoms with Crippen LogP contribution in [0.3, 0.4) is 0 Å². The molecule has 0 saturated heterocycles. The SMILES string of the molecule is Cc1[nH]n(Cc2ccccc2S(=O)(=O)O)c(=O)c1/C=C/C=C/C=C1/C(=O)N(Cc2ccccc2S(=O)(=O)O)N=C1C(=O)NCCO. The number of aromatic amines is 1. The van der Waals surface area contributed by atoms with E-state index in [4.69, 9.17) is 5.11 Å². The number of hydrogen-bond donors (Lipinski definition) is 5. The minimum absolute atomic E-state index is 0.0611.